The Bertz CT molecular complexity index is 669. The molecule has 6 heteroatoms. The molecule has 0 heterocycles. The van der Waals surface area contributed by atoms with E-state index in [-0.39, 0.29) is 6.61 Å². The van der Waals surface area contributed by atoms with Crippen LogP contribution in [0.1, 0.15) is 11.1 Å². The van der Waals surface area contributed by atoms with E-state index in [0.29, 0.717) is 28.4 Å². The van der Waals surface area contributed by atoms with Gasteiger partial charge in [0.25, 0.3) is 0 Å². The van der Waals surface area contributed by atoms with E-state index in [1.165, 1.54) is 14.2 Å². The molecule has 0 aromatic heterocycles. The van der Waals surface area contributed by atoms with Crippen LogP contribution >= 0.6 is 11.8 Å². The van der Waals surface area contributed by atoms with Gasteiger partial charge >= 0.3 is 5.97 Å². The molecule has 5 nitrogen and oxygen atoms in total. The molecule has 0 unspecified atom stereocenters. The predicted octanol–water partition coefficient (Wildman–Crippen LogP) is 2.85. The third kappa shape index (κ3) is 3.91. The molecule has 2 aromatic carbocycles. The minimum absolute atomic E-state index is 0.201. The summed E-state index contributed by atoms with van der Waals surface area (Å²) >= 11 is 1.55. The molecule has 0 aliphatic carbocycles. The third-order valence-electron chi connectivity index (χ3n) is 3.81. The third-order valence-corrected chi connectivity index (χ3v) is 4.38. The summed E-state index contributed by atoms with van der Waals surface area (Å²) in [6, 6.07) is 13.6. The van der Waals surface area contributed by atoms with Gasteiger partial charge in [-0.15, -0.1) is 0 Å². The molecule has 25 heavy (non-hydrogen) atoms. The van der Waals surface area contributed by atoms with Crippen LogP contribution in [0.3, 0.4) is 0 Å². The fourth-order valence-electron chi connectivity index (χ4n) is 2.57. The molecule has 0 amide bonds. The van der Waals surface area contributed by atoms with Gasteiger partial charge in [0.2, 0.25) is 5.60 Å². The number of carbonyl (C=O) groups is 1. The Hall–Kier alpha value is -2.18. The lowest BCUT2D eigenvalue weighted by atomic mass is 9.85. The van der Waals surface area contributed by atoms with Gasteiger partial charge in [-0.25, -0.2) is 4.79 Å². The van der Waals surface area contributed by atoms with Crippen molar-refractivity contribution in [3.8, 4) is 11.5 Å². The number of para-hydroxylation sites is 2. The minimum Gasteiger partial charge on any atom is -0.496 e. The van der Waals surface area contributed by atoms with Crippen LogP contribution in [0.4, 0.5) is 0 Å². The summed E-state index contributed by atoms with van der Waals surface area (Å²) in [5.41, 5.74) is -1.44. The van der Waals surface area contributed by atoms with Crippen LogP contribution in [0.25, 0.3) is 0 Å². The highest BCUT2D eigenvalue weighted by Gasteiger charge is 2.45. The molecule has 1 N–H and O–H groups in total. The van der Waals surface area contributed by atoms with Crippen LogP contribution < -0.4 is 9.47 Å². The zero-order chi connectivity index (χ0) is 18.3. The molecule has 0 bridgehead atoms. The lowest BCUT2D eigenvalue weighted by Crippen LogP contribution is -2.39. The monoisotopic (exact) mass is 362 g/mol. The molecule has 0 radical (unpaired) electrons. The minimum atomic E-state index is -2.04. The summed E-state index contributed by atoms with van der Waals surface area (Å²) in [6.07, 6.45) is 1.92. The van der Waals surface area contributed by atoms with Crippen molar-refractivity contribution in [1.82, 2.24) is 0 Å². The molecule has 2 rings (SSSR count). The molecule has 0 saturated heterocycles. The van der Waals surface area contributed by atoms with Crippen molar-refractivity contribution >= 4 is 17.7 Å². The predicted molar refractivity (Wildman–Crippen MR) is 98.3 cm³/mol. The fourth-order valence-corrected chi connectivity index (χ4v) is 2.82. The van der Waals surface area contributed by atoms with Gasteiger partial charge in [-0.3, -0.25) is 0 Å². The van der Waals surface area contributed by atoms with Crippen molar-refractivity contribution in [2.24, 2.45) is 0 Å². The maximum Gasteiger partial charge on any atom is 0.348 e. The Kier molecular flexibility index (Phi) is 6.73. The van der Waals surface area contributed by atoms with E-state index in [9.17, 15) is 9.90 Å². The van der Waals surface area contributed by atoms with Gasteiger partial charge < -0.3 is 19.3 Å². The van der Waals surface area contributed by atoms with Gasteiger partial charge in [-0.2, -0.15) is 11.8 Å². The Balaban J connectivity index is 2.61. The smallest absolute Gasteiger partial charge is 0.348 e. The zero-order valence-electron chi connectivity index (χ0n) is 14.5. The van der Waals surface area contributed by atoms with Crippen molar-refractivity contribution in [3.63, 3.8) is 0 Å². The lowest BCUT2D eigenvalue weighted by molar-refractivity contribution is -0.161. The highest BCUT2D eigenvalue weighted by Crippen LogP contribution is 2.40. The highest BCUT2D eigenvalue weighted by molar-refractivity contribution is 7.98. The molecule has 0 saturated carbocycles. The molecule has 2 aromatic rings. The Morgan fingerprint density at radius 1 is 1.00 bits per heavy atom. The van der Waals surface area contributed by atoms with Crippen molar-refractivity contribution in [2.45, 2.75) is 5.60 Å². The summed E-state index contributed by atoms with van der Waals surface area (Å²) in [7, 11) is 2.97. The summed E-state index contributed by atoms with van der Waals surface area (Å²) in [5.74, 6) is 0.644. The average Bonchev–Trinajstić information content (AvgIpc) is 2.67. The normalized spacial score (nSPS) is 11.0. The second-order valence-corrected chi connectivity index (χ2v) is 6.23. The second kappa shape index (κ2) is 8.78. The number of rotatable bonds is 8. The van der Waals surface area contributed by atoms with E-state index < -0.39 is 11.6 Å². The molecule has 0 fully saturated rings. The summed E-state index contributed by atoms with van der Waals surface area (Å²) < 4.78 is 16.0. The van der Waals surface area contributed by atoms with Crippen LogP contribution in [-0.2, 0) is 15.1 Å². The summed E-state index contributed by atoms with van der Waals surface area (Å²) in [6.45, 7) is 0.201. The Morgan fingerprint density at radius 3 is 1.92 bits per heavy atom. The number of hydrogen-bond donors (Lipinski definition) is 1. The molecule has 0 aliphatic rings. The number of esters is 1. The van der Waals surface area contributed by atoms with E-state index >= 15 is 0 Å². The van der Waals surface area contributed by atoms with Gasteiger partial charge in [0.05, 0.1) is 14.2 Å². The Morgan fingerprint density at radius 2 is 1.48 bits per heavy atom. The molecule has 134 valence electrons. The van der Waals surface area contributed by atoms with Gasteiger partial charge in [0.1, 0.15) is 18.1 Å². The quantitative estimate of drug-likeness (QED) is 0.575. The molecular formula is C19H22O5S. The van der Waals surface area contributed by atoms with Crippen LogP contribution in [0.5, 0.6) is 11.5 Å². The SMILES string of the molecule is COc1ccccc1C(O)(C(=O)OCCSC)c1ccccc1OC. The number of aliphatic hydroxyl groups is 1. The lowest BCUT2D eigenvalue weighted by Gasteiger charge is -2.29. The number of benzene rings is 2. The number of methoxy groups -OCH3 is 2. The zero-order valence-corrected chi connectivity index (χ0v) is 15.3. The topological polar surface area (TPSA) is 65.0 Å². The van der Waals surface area contributed by atoms with Gasteiger partial charge in [-0.05, 0) is 18.4 Å². The van der Waals surface area contributed by atoms with Crippen molar-refractivity contribution in [2.75, 3.05) is 32.8 Å². The highest BCUT2D eigenvalue weighted by atomic mass is 32.2. The van der Waals surface area contributed by atoms with Crippen LogP contribution in [0.15, 0.2) is 48.5 Å². The van der Waals surface area contributed by atoms with E-state index in [1.54, 1.807) is 60.3 Å². The maximum atomic E-state index is 12.9. The van der Waals surface area contributed by atoms with Gasteiger partial charge in [0, 0.05) is 16.9 Å². The molecule has 0 atom stereocenters. The number of hydrogen-bond acceptors (Lipinski definition) is 6. The first-order valence-electron chi connectivity index (χ1n) is 7.75. The van der Waals surface area contributed by atoms with Crippen LogP contribution in [-0.4, -0.2) is 43.9 Å². The van der Waals surface area contributed by atoms with E-state index in [0.717, 1.165) is 0 Å². The fraction of sp³-hybridized carbons (Fsp3) is 0.316. The first kappa shape index (κ1) is 19.1. The van der Waals surface area contributed by atoms with E-state index in [4.69, 9.17) is 14.2 Å². The van der Waals surface area contributed by atoms with Gasteiger partial charge in [0.15, 0.2) is 0 Å². The number of thioether (sulfide) groups is 1. The second-order valence-electron chi connectivity index (χ2n) is 5.24. The van der Waals surface area contributed by atoms with Crippen molar-refractivity contribution in [1.29, 1.82) is 0 Å². The standard InChI is InChI=1S/C19H22O5S/c1-22-16-10-6-4-8-14(16)19(21,18(20)24-12-13-25-3)15-9-5-7-11-17(15)23-2/h4-11,21H,12-13H2,1-3H3. The van der Waals surface area contributed by atoms with Crippen molar-refractivity contribution < 1.29 is 24.1 Å². The number of ether oxygens (including phenoxy) is 3. The van der Waals surface area contributed by atoms with Gasteiger partial charge in [-0.1, -0.05) is 36.4 Å². The van der Waals surface area contributed by atoms with Crippen molar-refractivity contribution in [3.05, 3.63) is 59.7 Å². The van der Waals surface area contributed by atoms with E-state index in [1.807, 2.05) is 6.26 Å². The average molecular weight is 362 g/mol. The Labute approximate surface area is 151 Å². The first-order valence-corrected chi connectivity index (χ1v) is 9.14. The first-order chi connectivity index (χ1) is 12.1. The molecule has 0 aliphatic heterocycles. The summed E-state index contributed by atoms with van der Waals surface area (Å²) in [5, 5.41) is 11.5. The van der Waals surface area contributed by atoms with Crippen LogP contribution in [0, 0.1) is 0 Å². The summed E-state index contributed by atoms with van der Waals surface area (Å²) in [4.78, 5) is 12.9. The number of carbonyl (C=O) groups excluding carboxylic acids is 1. The van der Waals surface area contributed by atoms with E-state index in [2.05, 4.69) is 0 Å². The maximum absolute atomic E-state index is 12.9. The molecule has 0 spiro atoms. The van der Waals surface area contributed by atoms with Crippen LogP contribution in [0.2, 0.25) is 0 Å². The molecular weight excluding hydrogens is 340 g/mol. The largest absolute Gasteiger partial charge is 0.496 e.